The zero-order valence-corrected chi connectivity index (χ0v) is 25.8. The number of hydrogen-bond acceptors (Lipinski definition) is 2. The summed E-state index contributed by atoms with van der Waals surface area (Å²) in [7, 11) is 0. The highest BCUT2D eigenvalue weighted by Crippen LogP contribution is 2.41. The number of benzene rings is 7. The summed E-state index contributed by atoms with van der Waals surface area (Å²) < 4.78 is 4.52. The first-order chi connectivity index (χ1) is 23.7. The highest BCUT2D eigenvalue weighted by Gasteiger charge is 2.19. The second kappa shape index (κ2) is 10.9. The van der Waals surface area contributed by atoms with Gasteiger partial charge >= 0.3 is 0 Å². The van der Waals surface area contributed by atoms with Crippen molar-refractivity contribution < 1.29 is 0 Å². The van der Waals surface area contributed by atoms with Crippen LogP contribution in [0.1, 0.15) is 11.1 Å². The fourth-order valence-corrected chi connectivity index (χ4v) is 7.33. The Kier molecular flexibility index (Phi) is 6.22. The number of aromatic nitrogens is 2. The van der Waals surface area contributed by atoms with E-state index in [0.29, 0.717) is 11.1 Å². The van der Waals surface area contributed by atoms with Gasteiger partial charge in [0.1, 0.15) is 6.07 Å². The summed E-state index contributed by atoms with van der Waals surface area (Å²) in [5.74, 6) is 0. The Morgan fingerprint density at radius 3 is 1.54 bits per heavy atom. The first-order valence-electron chi connectivity index (χ1n) is 15.9. The molecule has 2 aromatic heterocycles. The fraction of sp³-hybridized carbons (Fsp3) is 0. The van der Waals surface area contributed by atoms with E-state index < -0.39 is 0 Å². The monoisotopic (exact) mass is 610 g/mol. The van der Waals surface area contributed by atoms with Gasteiger partial charge < -0.3 is 9.13 Å². The van der Waals surface area contributed by atoms with Crippen molar-refractivity contribution in [3.8, 4) is 45.8 Å². The lowest BCUT2D eigenvalue weighted by Crippen LogP contribution is -2.00. The lowest BCUT2D eigenvalue weighted by Gasteiger charge is -2.18. The average molecular weight is 611 g/mol. The van der Waals surface area contributed by atoms with E-state index in [0.717, 1.165) is 66.5 Å². The number of nitriles is 2. The maximum Gasteiger partial charge on any atom is 0.101 e. The van der Waals surface area contributed by atoms with Crippen molar-refractivity contribution in [2.24, 2.45) is 0 Å². The molecule has 0 N–H and O–H groups in total. The molecule has 4 nitrogen and oxygen atoms in total. The Bertz CT molecular complexity index is 2760. The normalized spacial score (nSPS) is 11.3. The van der Waals surface area contributed by atoms with E-state index in [1.165, 1.54) is 10.8 Å². The molecule has 7 aromatic carbocycles. The maximum atomic E-state index is 10.3. The van der Waals surface area contributed by atoms with Crippen LogP contribution in [-0.2, 0) is 0 Å². The standard InChI is InChI=1S/C44H26N4/c45-27-29-21-24-43-38(25-29)37-16-6-10-20-42(37)48(43)44-26-30(22-23-31(44)28-46)32-11-1-2-12-33(32)34-13-3-7-17-39(34)47-40-18-8-4-14-35(40)36-15-5-9-19-41(36)47/h1-26H. The smallest absolute Gasteiger partial charge is 0.101 e. The molecule has 0 aliphatic heterocycles. The Morgan fingerprint density at radius 2 is 0.896 bits per heavy atom. The van der Waals surface area contributed by atoms with Gasteiger partial charge in [-0.3, -0.25) is 0 Å². The summed E-state index contributed by atoms with van der Waals surface area (Å²) in [6.07, 6.45) is 0. The van der Waals surface area contributed by atoms with Gasteiger partial charge in [0.2, 0.25) is 0 Å². The third kappa shape index (κ3) is 4.07. The minimum Gasteiger partial charge on any atom is -0.309 e. The van der Waals surface area contributed by atoms with E-state index in [2.05, 4.69) is 137 Å². The van der Waals surface area contributed by atoms with Crippen LogP contribution >= 0.6 is 0 Å². The van der Waals surface area contributed by atoms with Gasteiger partial charge in [-0.25, -0.2) is 0 Å². The molecule has 0 saturated heterocycles. The van der Waals surface area contributed by atoms with Crippen molar-refractivity contribution in [2.45, 2.75) is 0 Å². The predicted octanol–water partition coefficient (Wildman–Crippen LogP) is 11.0. The van der Waals surface area contributed by atoms with Gasteiger partial charge in [0, 0.05) is 27.1 Å². The van der Waals surface area contributed by atoms with Crippen LogP contribution in [0.15, 0.2) is 158 Å². The third-order valence-corrected chi connectivity index (χ3v) is 9.41. The molecule has 9 rings (SSSR count). The fourth-order valence-electron chi connectivity index (χ4n) is 7.33. The van der Waals surface area contributed by atoms with Gasteiger partial charge in [-0.2, -0.15) is 10.5 Å². The topological polar surface area (TPSA) is 57.4 Å². The summed E-state index contributed by atoms with van der Waals surface area (Å²) >= 11 is 0. The van der Waals surface area contributed by atoms with Gasteiger partial charge in [-0.05, 0) is 71.3 Å². The first kappa shape index (κ1) is 27.4. The van der Waals surface area contributed by atoms with Crippen molar-refractivity contribution in [2.75, 3.05) is 0 Å². The molecular weight excluding hydrogens is 585 g/mol. The third-order valence-electron chi connectivity index (χ3n) is 9.41. The molecule has 0 atom stereocenters. The number of hydrogen-bond donors (Lipinski definition) is 0. The molecule has 48 heavy (non-hydrogen) atoms. The number of rotatable bonds is 4. The molecule has 0 radical (unpaired) electrons. The Balaban J connectivity index is 1.29. The highest BCUT2D eigenvalue weighted by atomic mass is 15.0. The minimum absolute atomic E-state index is 0.578. The summed E-state index contributed by atoms with van der Waals surface area (Å²) in [5, 5.41) is 24.5. The van der Waals surface area contributed by atoms with Crippen LogP contribution in [0.2, 0.25) is 0 Å². The van der Waals surface area contributed by atoms with Crippen LogP contribution in [0, 0.1) is 22.7 Å². The zero-order chi connectivity index (χ0) is 32.2. The second-order valence-electron chi connectivity index (χ2n) is 12.0. The molecule has 2 heterocycles. The van der Waals surface area contributed by atoms with Crippen LogP contribution in [0.4, 0.5) is 0 Å². The first-order valence-corrected chi connectivity index (χ1v) is 15.9. The van der Waals surface area contributed by atoms with Gasteiger partial charge in [0.05, 0.1) is 50.6 Å². The zero-order valence-electron chi connectivity index (χ0n) is 25.8. The van der Waals surface area contributed by atoms with Crippen molar-refractivity contribution in [1.82, 2.24) is 9.13 Å². The highest BCUT2D eigenvalue weighted by molar-refractivity contribution is 6.11. The summed E-state index contributed by atoms with van der Waals surface area (Å²) in [6.45, 7) is 0. The van der Waals surface area contributed by atoms with E-state index in [-0.39, 0.29) is 0 Å². The molecule has 0 spiro atoms. The van der Waals surface area contributed by atoms with E-state index in [9.17, 15) is 10.5 Å². The average Bonchev–Trinajstić information content (AvgIpc) is 3.67. The molecular formula is C44H26N4. The van der Waals surface area contributed by atoms with Crippen molar-refractivity contribution in [3.05, 3.63) is 169 Å². The van der Waals surface area contributed by atoms with Gasteiger partial charge in [0.25, 0.3) is 0 Å². The quantitative estimate of drug-likeness (QED) is 0.199. The van der Waals surface area contributed by atoms with Crippen LogP contribution in [0.5, 0.6) is 0 Å². The van der Waals surface area contributed by atoms with Crippen LogP contribution in [0.3, 0.4) is 0 Å². The van der Waals surface area contributed by atoms with E-state index in [1.54, 1.807) is 0 Å². The van der Waals surface area contributed by atoms with E-state index >= 15 is 0 Å². The largest absolute Gasteiger partial charge is 0.309 e. The Labute approximate surface area is 277 Å². The number of para-hydroxylation sites is 4. The summed E-state index contributed by atoms with van der Waals surface area (Å²) in [5.41, 5.74) is 11.7. The lowest BCUT2D eigenvalue weighted by molar-refractivity contribution is 1.17. The van der Waals surface area contributed by atoms with Crippen LogP contribution < -0.4 is 0 Å². The van der Waals surface area contributed by atoms with Crippen molar-refractivity contribution >= 4 is 43.6 Å². The maximum absolute atomic E-state index is 10.3. The molecule has 4 heteroatoms. The van der Waals surface area contributed by atoms with Crippen molar-refractivity contribution in [3.63, 3.8) is 0 Å². The van der Waals surface area contributed by atoms with Crippen LogP contribution in [-0.4, -0.2) is 9.13 Å². The van der Waals surface area contributed by atoms with E-state index in [4.69, 9.17) is 0 Å². The SMILES string of the molecule is N#Cc1ccc2c(c1)c1ccccc1n2-c1cc(-c2ccccc2-c2ccccc2-n2c3ccccc3c3ccccc32)ccc1C#N. The molecule has 0 aliphatic rings. The Hall–Kier alpha value is -6.88. The minimum atomic E-state index is 0.578. The molecule has 0 saturated carbocycles. The predicted molar refractivity (Wildman–Crippen MR) is 195 cm³/mol. The number of nitrogens with zero attached hydrogens (tertiary/aromatic N) is 4. The molecule has 0 amide bonds. The lowest BCUT2D eigenvalue weighted by atomic mass is 9.92. The molecule has 9 aromatic rings. The van der Waals surface area contributed by atoms with Gasteiger partial charge in [-0.1, -0.05) is 103 Å². The molecule has 222 valence electrons. The molecule has 0 aliphatic carbocycles. The van der Waals surface area contributed by atoms with Crippen LogP contribution in [0.25, 0.3) is 77.2 Å². The molecule has 0 bridgehead atoms. The summed E-state index contributed by atoms with van der Waals surface area (Å²) in [4.78, 5) is 0. The van der Waals surface area contributed by atoms with E-state index in [1.807, 2.05) is 42.5 Å². The Morgan fingerprint density at radius 1 is 0.375 bits per heavy atom. The molecule has 0 fully saturated rings. The van der Waals surface area contributed by atoms with Gasteiger partial charge in [0.15, 0.2) is 0 Å². The molecule has 0 unspecified atom stereocenters. The number of fused-ring (bicyclic) bond motifs is 6. The summed E-state index contributed by atoms with van der Waals surface area (Å²) in [6, 6.07) is 59.0. The van der Waals surface area contributed by atoms with Crippen molar-refractivity contribution in [1.29, 1.82) is 10.5 Å². The second-order valence-corrected chi connectivity index (χ2v) is 12.0. The van der Waals surface area contributed by atoms with Gasteiger partial charge in [-0.15, -0.1) is 0 Å².